The van der Waals surface area contributed by atoms with E-state index in [1.807, 2.05) is 24.5 Å². The molecule has 0 amide bonds. The van der Waals surface area contributed by atoms with Crippen LogP contribution in [0.15, 0.2) is 146 Å². The Balaban J connectivity index is 1.33. The molecule has 1 saturated heterocycles. The minimum Gasteiger partial charge on any atom is -0.399 e. The summed E-state index contributed by atoms with van der Waals surface area (Å²) in [6.45, 7) is 8.44. The lowest BCUT2D eigenvalue weighted by molar-refractivity contribution is 0.00578. The maximum atomic E-state index is 6.56. The van der Waals surface area contributed by atoms with Gasteiger partial charge in [0.25, 0.3) is 0 Å². The number of fused-ring (bicyclic) bond motifs is 3. The lowest BCUT2D eigenvalue weighted by atomic mass is 9.66. The fourth-order valence-corrected chi connectivity index (χ4v) is 7.21. The van der Waals surface area contributed by atoms with E-state index in [4.69, 9.17) is 9.31 Å². The number of hydrogen-bond acceptors (Lipinski definition) is 3. The van der Waals surface area contributed by atoms with Crippen LogP contribution in [0.1, 0.15) is 49.9 Å². The predicted octanol–water partition coefficient (Wildman–Crippen LogP) is 9.08. The molecule has 46 heavy (non-hydrogen) atoms. The molecule has 5 aromatic carbocycles. The van der Waals surface area contributed by atoms with Crippen molar-refractivity contribution in [3.8, 4) is 33.4 Å². The van der Waals surface area contributed by atoms with Crippen LogP contribution < -0.4 is 5.46 Å². The van der Waals surface area contributed by atoms with Crippen molar-refractivity contribution >= 4 is 12.6 Å². The normalized spacial score (nSPS) is 17.0. The van der Waals surface area contributed by atoms with E-state index < -0.39 is 23.7 Å². The Labute approximate surface area is 272 Å². The molecule has 2 heterocycles. The molecule has 0 spiro atoms. The van der Waals surface area contributed by atoms with Crippen LogP contribution in [0.5, 0.6) is 0 Å². The highest BCUT2D eigenvalue weighted by atomic mass is 16.7. The molecule has 0 bridgehead atoms. The van der Waals surface area contributed by atoms with Crippen molar-refractivity contribution in [1.82, 2.24) is 4.98 Å². The second kappa shape index (κ2) is 10.7. The van der Waals surface area contributed by atoms with Gasteiger partial charge in [-0.2, -0.15) is 0 Å². The van der Waals surface area contributed by atoms with Gasteiger partial charge in [-0.3, -0.25) is 4.98 Å². The molecule has 0 unspecified atom stereocenters. The van der Waals surface area contributed by atoms with E-state index in [2.05, 4.69) is 154 Å². The minimum absolute atomic E-state index is 0.419. The van der Waals surface area contributed by atoms with Crippen molar-refractivity contribution < 1.29 is 9.31 Å². The minimum atomic E-state index is -0.528. The molecule has 0 N–H and O–H groups in total. The molecule has 8 rings (SSSR count). The van der Waals surface area contributed by atoms with Crippen molar-refractivity contribution in [2.45, 2.75) is 44.3 Å². The predicted molar refractivity (Wildman–Crippen MR) is 188 cm³/mol. The lowest BCUT2D eigenvalue weighted by Crippen LogP contribution is -2.41. The first-order chi connectivity index (χ1) is 22.3. The zero-order valence-corrected chi connectivity index (χ0v) is 26.7. The standard InChI is InChI=1S/C42H36BNO2/c1-40(2)41(3,4)46-43(45-40)35-20-22-37-36-21-19-32(30-17-15-29(16-18-30)31-23-25-44-26-24-31)27-38(36)42(39(37)28-35,33-11-7-5-8-12-33)34-13-9-6-10-14-34/h5-28H,1-4H3. The van der Waals surface area contributed by atoms with Crippen LogP contribution in [0.3, 0.4) is 0 Å². The number of benzene rings is 5. The van der Waals surface area contributed by atoms with Gasteiger partial charge in [0.2, 0.25) is 0 Å². The van der Waals surface area contributed by atoms with Gasteiger partial charge in [-0.15, -0.1) is 0 Å². The van der Waals surface area contributed by atoms with Gasteiger partial charge in [0, 0.05) is 12.4 Å². The Kier molecular flexibility index (Phi) is 6.65. The van der Waals surface area contributed by atoms with Gasteiger partial charge in [0.05, 0.1) is 16.6 Å². The van der Waals surface area contributed by atoms with E-state index in [9.17, 15) is 0 Å². The van der Waals surface area contributed by atoms with Crippen LogP contribution in [0, 0.1) is 0 Å². The maximum Gasteiger partial charge on any atom is 0.494 e. The van der Waals surface area contributed by atoms with Gasteiger partial charge in [-0.25, -0.2) is 0 Å². The van der Waals surface area contributed by atoms with Crippen LogP contribution in [0.4, 0.5) is 0 Å². The van der Waals surface area contributed by atoms with Gasteiger partial charge >= 0.3 is 7.12 Å². The molecular formula is C42H36BNO2. The van der Waals surface area contributed by atoms with Gasteiger partial charge < -0.3 is 9.31 Å². The summed E-state index contributed by atoms with van der Waals surface area (Å²) >= 11 is 0. The zero-order chi connectivity index (χ0) is 31.5. The molecule has 2 aliphatic rings. The topological polar surface area (TPSA) is 31.4 Å². The average Bonchev–Trinajstić information content (AvgIpc) is 3.51. The van der Waals surface area contributed by atoms with E-state index in [-0.39, 0.29) is 0 Å². The summed E-state index contributed by atoms with van der Waals surface area (Å²) in [6, 6.07) is 48.6. The zero-order valence-electron chi connectivity index (χ0n) is 26.7. The number of pyridine rings is 1. The van der Waals surface area contributed by atoms with Crippen LogP contribution in [-0.4, -0.2) is 23.3 Å². The van der Waals surface area contributed by atoms with E-state index in [1.165, 1.54) is 50.1 Å². The Hall–Kier alpha value is -4.77. The molecule has 0 radical (unpaired) electrons. The first-order valence-electron chi connectivity index (χ1n) is 16.0. The second-order valence-electron chi connectivity index (χ2n) is 13.4. The molecule has 0 atom stereocenters. The molecule has 1 aliphatic carbocycles. The molecule has 224 valence electrons. The van der Waals surface area contributed by atoms with Gasteiger partial charge in [0.1, 0.15) is 0 Å². The van der Waals surface area contributed by atoms with Crippen molar-refractivity contribution in [2.24, 2.45) is 0 Å². The molecule has 6 aromatic rings. The number of hydrogen-bond donors (Lipinski definition) is 0. The summed E-state index contributed by atoms with van der Waals surface area (Å²) in [6.07, 6.45) is 3.68. The largest absolute Gasteiger partial charge is 0.494 e. The molecule has 1 aromatic heterocycles. The fourth-order valence-electron chi connectivity index (χ4n) is 7.21. The Morgan fingerprint density at radius 3 is 1.50 bits per heavy atom. The smallest absolute Gasteiger partial charge is 0.399 e. The van der Waals surface area contributed by atoms with Gasteiger partial charge in [-0.1, -0.05) is 115 Å². The first-order valence-corrected chi connectivity index (χ1v) is 16.0. The van der Waals surface area contributed by atoms with E-state index >= 15 is 0 Å². The van der Waals surface area contributed by atoms with Gasteiger partial charge in [-0.05, 0) is 107 Å². The Morgan fingerprint density at radius 1 is 0.478 bits per heavy atom. The SMILES string of the molecule is CC1(C)OB(c2ccc3c(c2)C(c2ccccc2)(c2ccccc2)c2cc(-c4ccc(-c5ccncc5)cc4)ccc2-3)OC1(C)C. The lowest BCUT2D eigenvalue weighted by Gasteiger charge is -2.34. The van der Waals surface area contributed by atoms with Crippen LogP contribution in [0.25, 0.3) is 33.4 Å². The molecule has 0 saturated carbocycles. The maximum absolute atomic E-state index is 6.56. The van der Waals surface area contributed by atoms with Crippen LogP contribution >= 0.6 is 0 Å². The summed E-state index contributed by atoms with van der Waals surface area (Å²) in [4.78, 5) is 4.18. The number of nitrogens with zero attached hydrogens (tertiary/aromatic N) is 1. The molecule has 4 heteroatoms. The third-order valence-electron chi connectivity index (χ3n) is 10.3. The first kappa shape index (κ1) is 28.7. The van der Waals surface area contributed by atoms with E-state index in [0.717, 1.165) is 11.0 Å². The van der Waals surface area contributed by atoms with Crippen molar-refractivity contribution in [2.75, 3.05) is 0 Å². The second-order valence-corrected chi connectivity index (χ2v) is 13.4. The van der Waals surface area contributed by atoms with Crippen molar-refractivity contribution in [3.05, 3.63) is 168 Å². The fraction of sp³-hybridized carbons (Fsp3) is 0.167. The number of rotatable bonds is 5. The summed E-state index contributed by atoms with van der Waals surface area (Å²) < 4.78 is 13.1. The molecular weight excluding hydrogens is 561 g/mol. The van der Waals surface area contributed by atoms with Crippen LogP contribution in [0.2, 0.25) is 0 Å². The third-order valence-corrected chi connectivity index (χ3v) is 10.3. The summed E-state index contributed by atoms with van der Waals surface area (Å²) in [5.41, 5.74) is 11.9. The summed E-state index contributed by atoms with van der Waals surface area (Å²) in [5.74, 6) is 0. The van der Waals surface area contributed by atoms with Crippen molar-refractivity contribution in [3.63, 3.8) is 0 Å². The quantitative estimate of drug-likeness (QED) is 0.186. The highest BCUT2D eigenvalue weighted by molar-refractivity contribution is 6.62. The average molecular weight is 598 g/mol. The highest BCUT2D eigenvalue weighted by Gasteiger charge is 2.53. The Bertz CT molecular complexity index is 1980. The van der Waals surface area contributed by atoms with Gasteiger partial charge in [0.15, 0.2) is 0 Å². The van der Waals surface area contributed by atoms with Crippen molar-refractivity contribution in [1.29, 1.82) is 0 Å². The highest BCUT2D eigenvalue weighted by Crippen LogP contribution is 2.56. The monoisotopic (exact) mass is 597 g/mol. The van der Waals surface area contributed by atoms with E-state index in [1.54, 1.807) is 0 Å². The van der Waals surface area contributed by atoms with Crippen LogP contribution in [-0.2, 0) is 14.7 Å². The molecule has 1 aliphatic heterocycles. The summed E-state index contributed by atoms with van der Waals surface area (Å²) in [7, 11) is -0.447. The van der Waals surface area contributed by atoms with E-state index in [0.29, 0.717) is 0 Å². The number of aromatic nitrogens is 1. The Morgan fingerprint density at radius 2 is 0.935 bits per heavy atom. The summed E-state index contributed by atoms with van der Waals surface area (Å²) in [5, 5.41) is 0. The molecule has 3 nitrogen and oxygen atoms in total. The molecule has 1 fully saturated rings. The third kappa shape index (κ3) is 4.40.